The van der Waals surface area contributed by atoms with Crippen molar-refractivity contribution in [1.82, 2.24) is 26.9 Å². The van der Waals surface area contributed by atoms with Gasteiger partial charge in [0, 0.05) is 51.7 Å². The van der Waals surface area contributed by atoms with Gasteiger partial charge in [-0.2, -0.15) is 5.10 Å². The molecule has 5 N–H and O–H groups in total. The van der Waals surface area contributed by atoms with Crippen molar-refractivity contribution >= 4 is 6.21 Å². The van der Waals surface area contributed by atoms with Crippen molar-refractivity contribution in [2.45, 2.75) is 6.42 Å². The minimum atomic E-state index is 0.958. The van der Waals surface area contributed by atoms with Gasteiger partial charge in [0.1, 0.15) is 0 Å². The van der Waals surface area contributed by atoms with E-state index >= 15 is 0 Å². The summed E-state index contributed by atoms with van der Waals surface area (Å²) in [6.07, 6.45) is 6.86. The molecule has 0 radical (unpaired) electrons. The predicted octanol–water partition coefficient (Wildman–Crippen LogP) is -1.29. The highest BCUT2D eigenvalue weighted by atomic mass is 15.4. The number of nitrogens with zero attached hydrogens (tertiary/aromatic N) is 1. The van der Waals surface area contributed by atoms with Gasteiger partial charge >= 0.3 is 0 Å². The third kappa shape index (κ3) is 7.92. The van der Waals surface area contributed by atoms with Gasteiger partial charge in [0.05, 0.1) is 0 Å². The first-order chi connectivity index (χ1) is 7.50. The summed E-state index contributed by atoms with van der Waals surface area (Å²) in [4.78, 5) is 0. The summed E-state index contributed by atoms with van der Waals surface area (Å²) in [5.41, 5.74) is 8.44. The van der Waals surface area contributed by atoms with Gasteiger partial charge in [-0.1, -0.05) is 6.08 Å². The van der Waals surface area contributed by atoms with Crippen LogP contribution in [0.3, 0.4) is 0 Å². The Bertz CT molecular complexity index is 151. The van der Waals surface area contributed by atoms with E-state index < -0.39 is 0 Å². The van der Waals surface area contributed by atoms with E-state index in [1.54, 1.807) is 0 Å². The van der Waals surface area contributed by atoms with Crippen LogP contribution in [0.1, 0.15) is 6.42 Å². The molecule has 0 unspecified atom stereocenters. The van der Waals surface area contributed by atoms with Crippen molar-refractivity contribution in [2.24, 2.45) is 5.10 Å². The Kier molecular flexibility index (Phi) is 7.53. The van der Waals surface area contributed by atoms with Gasteiger partial charge in [0.15, 0.2) is 0 Å². The zero-order valence-electron chi connectivity index (χ0n) is 8.92. The standard InChI is InChI=1S/C3H8N2.2C3H6N2/c1-2-5-3-4-1;2*1-2-4-5-3-1/h4-5H,1-3H2;2,5H,1,3H2;1-2,4-5H,3H2. The molecule has 0 bridgehead atoms. The lowest BCUT2D eigenvalue weighted by Gasteiger charge is -1.83. The van der Waals surface area contributed by atoms with Crippen molar-refractivity contribution < 1.29 is 0 Å². The molecule has 1 saturated heterocycles. The molecule has 3 heterocycles. The summed E-state index contributed by atoms with van der Waals surface area (Å²) in [6.45, 7) is 5.26. The monoisotopic (exact) mass is 212 g/mol. The van der Waals surface area contributed by atoms with E-state index in [9.17, 15) is 0 Å². The molecule has 0 atom stereocenters. The second kappa shape index (κ2) is 9.45. The highest BCUT2D eigenvalue weighted by Gasteiger charge is 1.90. The fraction of sp³-hybridized carbons (Fsp3) is 0.667. The van der Waals surface area contributed by atoms with Crippen LogP contribution in [0.2, 0.25) is 0 Å². The minimum absolute atomic E-state index is 0.958. The van der Waals surface area contributed by atoms with Gasteiger partial charge in [-0.25, -0.2) is 5.43 Å². The van der Waals surface area contributed by atoms with Gasteiger partial charge in [-0.05, 0) is 0 Å². The zero-order chi connectivity index (χ0) is 10.6. The van der Waals surface area contributed by atoms with Crippen LogP contribution in [0.4, 0.5) is 0 Å². The van der Waals surface area contributed by atoms with Crippen LogP contribution in [-0.2, 0) is 0 Å². The van der Waals surface area contributed by atoms with Crippen LogP contribution in [0.25, 0.3) is 0 Å². The Balaban J connectivity index is 0.000000112. The molecule has 0 aliphatic carbocycles. The molecule has 3 aliphatic rings. The SMILES string of the molecule is C1=CNNC1.C1=NNCC1.C1CNCN1. The Morgan fingerprint density at radius 3 is 2.13 bits per heavy atom. The fourth-order valence-electron chi connectivity index (χ4n) is 1.06. The smallest absolute Gasteiger partial charge is 0.0455 e. The molecule has 86 valence electrons. The van der Waals surface area contributed by atoms with Crippen molar-refractivity contribution in [1.29, 1.82) is 0 Å². The number of nitrogens with one attached hydrogen (secondary N) is 5. The van der Waals surface area contributed by atoms with E-state index in [0.29, 0.717) is 0 Å². The predicted molar refractivity (Wildman–Crippen MR) is 62.3 cm³/mol. The lowest BCUT2D eigenvalue weighted by molar-refractivity contribution is 0.727. The van der Waals surface area contributed by atoms with Crippen molar-refractivity contribution in [3.8, 4) is 0 Å². The Hall–Kier alpha value is -1.11. The first-order valence-corrected chi connectivity index (χ1v) is 5.29. The average molecular weight is 212 g/mol. The Morgan fingerprint density at radius 1 is 1.07 bits per heavy atom. The first-order valence-electron chi connectivity index (χ1n) is 5.29. The lowest BCUT2D eigenvalue weighted by Crippen LogP contribution is -2.19. The largest absolute Gasteiger partial charge is 0.329 e. The number of hydrogen-bond donors (Lipinski definition) is 5. The minimum Gasteiger partial charge on any atom is -0.329 e. The van der Waals surface area contributed by atoms with Gasteiger partial charge in [0.2, 0.25) is 0 Å². The summed E-state index contributed by atoms with van der Waals surface area (Å²) in [5.74, 6) is 0. The van der Waals surface area contributed by atoms with E-state index in [1.807, 2.05) is 18.5 Å². The van der Waals surface area contributed by atoms with Crippen molar-refractivity contribution in [2.75, 3.05) is 32.8 Å². The van der Waals surface area contributed by atoms with Crippen LogP contribution >= 0.6 is 0 Å². The van der Waals surface area contributed by atoms with E-state index in [1.165, 1.54) is 0 Å². The summed E-state index contributed by atoms with van der Waals surface area (Å²) in [7, 11) is 0. The average Bonchev–Trinajstić information content (AvgIpc) is 3.09. The normalized spacial score (nSPS) is 20.8. The maximum atomic E-state index is 3.71. The molecule has 3 aliphatic heterocycles. The summed E-state index contributed by atoms with van der Waals surface area (Å²) >= 11 is 0. The number of rotatable bonds is 0. The molecule has 0 aromatic rings. The summed E-state index contributed by atoms with van der Waals surface area (Å²) in [5, 5.41) is 9.93. The molecule has 3 rings (SSSR count). The van der Waals surface area contributed by atoms with Crippen LogP contribution in [0, 0.1) is 0 Å². The number of hydrogen-bond acceptors (Lipinski definition) is 6. The summed E-state index contributed by atoms with van der Waals surface area (Å²) in [6, 6.07) is 0. The van der Waals surface area contributed by atoms with Crippen LogP contribution < -0.4 is 26.9 Å². The highest BCUT2D eigenvalue weighted by molar-refractivity contribution is 5.58. The van der Waals surface area contributed by atoms with E-state index in [2.05, 4.69) is 32.0 Å². The molecule has 0 aromatic carbocycles. The molecule has 15 heavy (non-hydrogen) atoms. The molecule has 1 fully saturated rings. The van der Waals surface area contributed by atoms with Crippen molar-refractivity contribution in [3.05, 3.63) is 12.3 Å². The van der Waals surface area contributed by atoms with E-state index in [4.69, 9.17) is 0 Å². The number of hydrazine groups is 1. The third-order valence-corrected chi connectivity index (χ3v) is 1.82. The molecule has 0 aromatic heterocycles. The second-order valence-electron chi connectivity index (χ2n) is 3.11. The topological polar surface area (TPSA) is 72.5 Å². The van der Waals surface area contributed by atoms with Gasteiger partial charge < -0.3 is 21.5 Å². The van der Waals surface area contributed by atoms with E-state index in [0.717, 1.165) is 39.3 Å². The molecule has 0 amide bonds. The van der Waals surface area contributed by atoms with Crippen LogP contribution in [-0.4, -0.2) is 39.1 Å². The van der Waals surface area contributed by atoms with E-state index in [-0.39, 0.29) is 0 Å². The maximum absolute atomic E-state index is 3.71. The fourth-order valence-corrected chi connectivity index (χ4v) is 1.06. The molecule has 6 heteroatoms. The molecular weight excluding hydrogens is 192 g/mol. The molecular formula is C9H20N6. The van der Waals surface area contributed by atoms with Gasteiger partial charge in [-0.15, -0.1) is 0 Å². The molecule has 0 saturated carbocycles. The second-order valence-corrected chi connectivity index (χ2v) is 3.11. The Morgan fingerprint density at radius 2 is 1.93 bits per heavy atom. The molecule has 0 spiro atoms. The van der Waals surface area contributed by atoms with Gasteiger partial charge in [0.25, 0.3) is 0 Å². The highest BCUT2D eigenvalue weighted by Crippen LogP contribution is 1.75. The zero-order valence-corrected chi connectivity index (χ0v) is 8.92. The van der Waals surface area contributed by atoms with Gasteiger partial charge in [-0.3, -0.25) is 0 Å². The maximum Gasteiger partial charge on any atom is 0.0455 e. The molecule has 6 nitrogen and oxygen atoms in total. The van der Waals surface area contributed by atoms with Crippen LogP contribution in [0.15, 0.2) is 17.4 Å². The van der Waals surface area contributed by atoms with Crippen molar-refractivity contribution in [3.63, 3.8) is 0 Å². The van der Waals surface area contributed by atoms with Crippen LogP contribution in [0.5, 0.6) is 0 Å². The lowest BCUT2D eigenvalue weighted by atomic mass is 10.5. The summed E-state index contributed by atoms with van der Waals surface area (Å²) < 4.78 is 0. The Labute approximate surface area is 90.5 Å². The quantitative estimate of drug-likeness (QED) is 0.346. The number of hydrazone groups is 1. The third-order valence-electron chi connectivity index (χ3n) is 1.82. The first kappa shape index (κ1) is 12.0.